The first kappa shape index (κ1) is 11.6. The summed E-state index contributed by atoms with van der Waals surface area (Å²) in [5, 5.41) is 6.93. The van der Waals surface area contributed by atoms with Crippen LogP contribution in [0.25, 0.3) is 0 Å². The molecule has 0 aliphatic rings. The Morgan fingerprint density at radius 3 is 2.42 bits per heavy atom. The van der Waals surface area contributed by atoms with Crippen LogP contribution in [-0.4, -0.2) is 43.2 Å². The number of rotatable bonds is 4. The summed E-state index contributed by atoms with van der Waals surface area (Å²) in [6.07, 6.45) is 0. The van der Waals surface area contributed by atoms with Gasteiger partial charge in [-0.05, 0) is 40.2 Å². The van der Waals surface area contributed by atoms with Crippen molar-refractivity contribution in [3.05, 3.63) is 0 Å². The molecule has 0 aliphatic carbocycles. The molecular weight excluding hydrogens is 170 g/mol. The molecule has 0 spiro atoms. The van der Waals surface area contributed by atoms with E-state index in [1.807, 2.05) is 6.92 Å². The molecule has 0 heterocycles. The Balaban J connectivity index is 3.47. The van der Waals surface area contributed by atoms with E-state index >= 15 is 0 Å². The Hall–Kier alpha value is -0.350. The second-order valence-electron chi connectivity index (χ2n) is 3.05. The van der Waals surface area contributed by atoms with Gasteiger partial charge >= 0.3 is 0 Å². The lowest BCUT2D eigenvalue weighted by Crippen LogP contribution is -2.42. The third-order valence-electron chi connectivity index (χ3n) is 1.78. The number of thiocarbonyl (C=S) groups is 1. The van der Waals surface area contributed by atoms with E-state index in [-0.39, 0.29) is 0 Å². The molecule has 0 radical (unpaired) electrons. The van der Waals surface area contributed by atoms with E-state index in [1.165, 1.54) is 0 Å². The van der Waals surface area contributed by atoms with Gasteiger partial charge < -0.3 is 15.5 Å². The van der Waals surface area contributed by atoms with Gasteiger partial charge in [0.05, 0.1) is 0 Å². The van der Waals surface area contributed by atoms with Crippen LogP contribution in [0.5, 0.6) is 0 Å². The largest absolute Gasteiger partial charge is 0.363 e. The maximum atomic E-state index is 5.02. The molecule has 0 rings (SSSR count). The van der Waals surface area contributed by atoms with Gasteiger partial charge in [-0.25, -0.2) is 0 Å². The number of nitrogens with one attached hydrogen (secondary N) is 2. The Morgan fingerprint density at radius 2 is 2.00 bits per heavy atom. The second-order valence-corrected chi connectivity index (χ2v) is 3.46. The molecule has 72 valence electrons. The third kappa shape index (κ3) is 5.32. The summed E-state index contributed by atoms with van der Waals surface area (Å²) in [5.74, 6) is 0. The molecule has 4 heteroatoms. The molecule has 0 aromatic carbocycles. The SMILES string of the molecule is CCNC(=S)NCC(C)N(C)C. The smallest absolute Gasteiger partial charge is 0.166 e. The topological polar surface area (TPSA) is 27.3 Å². The average molecular weight is 189 g/mol. The van der Waals surface area contributed by atoms with Gasteiger partial charge in [-0.1, -0.05) is 0 Å². The molecule has 2 N–H and O–H groups in total. The molecule has 3 nitrogen and oxygen atoms in total. The van der Waals surface area contributed by atoms with Gasteiger partial charge in [0.1, 0.15) is 0 Å². The molecule has 0 saturated heterocycles. The van der Waals surface area contributed by atoms with Gasteiger partial charge in [-0.2, -0.15) is 0 Å². The molecule has 0 amide bonds. The molecule has 0 bridgehead atoms. The molecule has 1 unspecified atom stereocenters. The van der Waals surface area contributed by atoms with E-state index < -0.39 is 0 Å². The van der Waals surface area contributed by atoms with Crippen LogP contribution in [0.15, 0.2) is 0 Å². The predicted octanol–water partition coefficient (Wildman–Crippen LogP) is 0.421. The van der Waals surface area contributed by atoms with Gasteiger partial charge in [0, 0.05) is 19.1 Å². The molecule has 0 aromatic rings. The minimum absolute atomic E-state index is 0.501. The van der Waals surface area contributed by atoms with Crippen LogP contribution < -0.4 is 10.6 Å². The van der Waals surface area contributed by atoms with Crippen LogP contribution in [0.4, 0.5) is 0 Å². The summed E-state index contributed by atoms with van der Waals surface area (Å²) >= 11 is 5.02. The van der Waals surface area contributed by atoms with E-state index in [0.29, 0.717) is 6.04 Å². The lowest BCUT2D eigenvalue weighted by molar-refractivity contribution is 0.313. The van der Waals surface area contributed by atoms with Crippen LogP contribution in [0.3, 0.4) is 0 Å². The standard InChI is InChI=1S/C8H19N3S/c1-5-9-8(12)10-6-7(2)11(3)4/h7H,5-6H2,1-4H3,(H2,9,10,12). The molecular formula is C8H19N3S. The molecule has 0 aromatic heterocycles. The van der Waals surface area contributed by atoms with Gasteiger partial charge in [-0.15, -0.1) is 0 Å². The Kier molecular flexibility index (Phi) is 6.02. The summed E-state index contributed by atoms with van der Waals surface area (Å²) in [6, 6.07) is 0.501. The quantitative estimate of drug-likeness (QED) is 0.627. The fourth-order valence-corrected chi connectivity index (χ4v) is 0.874. The van der Waals surface area contributed by atoms with Crippen LogP contribution in [-0.2, 0) is 0 Å². The summed E-state index contributed by atoms with van der Waals surface area (Å²) < 4.78 is 0. The highest BCUT2D eigenvalue weighted by molar-refractivity contribution is 7.80. The number of hydrogen-bond donors (Lipinski definition) is 2. The maximum Gasteiger partial charge on any atom is 0.166 e. The van der Waals surface area contributed by atoms with Crippen molar-refractivity contribution >= 4 is 17.3 Å². The first-order valence-electron chi connectivity index (χ1n) is 4.26. The van der Waals surface area contributed by atoms with Crippen molar-refractivity contribution < 1.29 is 0 Å². The van der Waals surface area contributed by atoms with Crippen molar-refractivity contribution in [2.75, 3.05) is 27.2 Å². The Bertz CT molecular complexity index is 136. The summed E-state index contributed by atoms with van der Waals surface area (Å²) in [7, 11) is 4.12. The molecule has 12 heavy (non-hydrogen) atoms. The number of nitrogens with zero attached hydrogens (tertiary/aromatic N) is 1. The van der Waals surface area contributed by atoms with E-state index in [9.17, 15) is 0 Å². The molecule has 0 aliphatic heterocycles. The van der Waals surface area contributed by atoms with Crippen LogP contribution in [0.1, 0.15) is 13.8 Å². The van der Waals surface area contributed by atoms with Gasteiger partial charge in [0.2, 0.25) is 0 Å². The molecule has 0 fully saturated rings. The lowest BCUT2D eigenvalue weighted by atomic mass is 10.3. The highest BCUT2D eigenvalue weighted by atomic mass is 32.1. The molecule has 1 atom stereocenters. The van der Waals surface area contributed by atoms with Crippen LogP contribution in [0, 0.1) is 0 Å². The zero-order valence-corrected chi connectivity index (χ0v) is 9.16. The predicted molar refractivity (Wildman–Crippen MR) is 57.4 cm³/mol. The van der Waals surface area contributed by atoms with E-state index in [0.717, 1.165) is 18.2 Å². The first-order chi connectivity index (χ1) is 5.57. The van der Waals surface area contributed by atoms with Crippen molar-refractivity contribution in [2.45, 2.75) is 19.9 Å². The van der Waals surface area contributed by atoms with Gasteiger partial charge in [0.25, 0.3) is 0 Å². The Labute approximate surface area is 80.5 Å². The fourth-order valence-electron chi connectivity index (χ4n) is 0.646. The van der Waals surface area contributed by atoms with Crippen LogP contribution in [0.2, 0.25) is 0 Å². The van der Waals surface area contributed by atoms with Gasteiger partial charge in [0.15, 0.2) is 5.11 Å². The molecule has 0 saturated carbocycles. The minimum Gasteiger partial charge on any atom is -0.363 e. The normalized spacial score (nSPS) is 12.8. The Morgan fingerprint density at radius 1 is 1.42 bits per heavy atom. The number of likely N-dealkylation sites (N-methyl/N-ethyl adjacent to an activating group) is 1. The first-order valence-corrected chi connectivity index (χ1v) is 4.66. The highest BCUT2D eigenvalue weighted by Crippen LogP contribution is 1.87. The second kappa shape index (κ2) is 6.20. The monoisotopic (exact) mass is 189 g/mol. The summed E-state index contributed by atoms with van der Waals surface area (Å²) in [6.45, 7) is 5.95. The van der Waals surface area contributed by atoms with Gasteiger partial charge in [-0.3, -0.25) is 0 Å². The number of hydrogen-bond acceptors (Lipinski definition) is 2. The highest BCUT2D eigenvalue weighted by Gasteiger charge is 2.03. The lowest BCUT2D eigenvalue weighted by Gasteiger charge is -2.20. The van der Waals surface area contributed by atoms with Crippen molar-refractivity contribution in [1.82, 2.24) is 15.5 Å². The zero-order valence-electron chi connectivity index (χ0n) is 8.35. The van der Waals surface area contributed by atoms with Crippen molar-refractivity contribution in [2.24, 2.45) is 0 Å². The minimum atomic E-state index is 0.501. The van der Waals surface area contributed by atoms with E-state index in [2.05, 4.69) is 36.6 Å². The van der Waals surface area contributed by atoms with Crippen molar-refractivity contribution in [3.8, 4) is 0 Å². The third-order valence-corrected chi connectivity index (χ3v) is 2.07. The summed E-state index contributed by atoms with van der Waals surface area (Å²) in [5.41, 5.74) is 0. The van der Waals surface area contributed by atoms with E-state index in [4.69, 9.17) is 12.2 Å². The fraction of sp³-hybridized carbons (Fsp3) is 0.875. The average Bonchev–Trinajstić information content (AvgIpc) is 2.00. The van der Waals surface area contributed by atoms with Crippen molar-refractivity contribution in [3.63, 3.8) is 0 Å². The summed E-state index contributed by atoms with van der Waals surface area (Å²) in [4.78, 5) is 2.15. The zero-order chi connectivity index (χ0) is 9.56. The van der Waals surface area contributed by atoms with Crippen LogP contribution >= 0.6 is 12.2 Å². The maximum absolute atomic E-state index is 5.02. The van der Waals surface area contributed by atoms with Crippen molar-refractivity contribution in [1.29, 1.82) is 0 Å². The van der Waals surface area contributed by atoms with E-state index in [1.54, 1.807) is 0 Å².